The summed E-state index contributed by atoms with van der Waals surface area (Å²) in [6, 6.07) is 12.6. The van der Waals surface area contributed by atoms with Crippen LogP contribution in [0.1, 0.15) is 49.4 Å². The lowest BCUT2D eigenvalue weighted by atomic mass is 9.86. The molecule has 4 rings (SSSR count). The van der Waals surface area contributed by atoms with E-state index in [2.05, 4.69) is 16.1 Å². The van der Waals surface area contributed by atoms with Crippen LogP contribution in [0.2, 0.25) is 0 Å². The van der Waals surface area contributed by atoms with Gasteiger partial charge in [-0.1, -0.05) is 24.3 Å². The molecule has 6 heteroatoms. The molecule has 0 spiro atoms. The van der Waals surface area contributed by atoms with Crippen molar-refractivity contribution in [1.82, 2.24) is 4.72 Å². The van der Waals surface area contributed by atoms with Crippen LogP contribution in [0.4, 0.5) is 5.69 Å². The Morgan fingerprint density at radius 2 is 1.92 bits per heavy atom. The normalized spacial score (nSPS) is 21.0. The average Bonchev–Trinajstić information content (AvgIpc) is 2.84. The summed E-state index contributed by atoms with van der Waals surface area (Å²) in [7, 11) is -3.68. The maximum atomic E-state index is 13.0. The Labute approximate surface area is 153 Å². The molecule has 0 radical (unpaired) electrons. The largest absolute Gasteiger partial charge is 0.325 e. The Kier molecular flexibility index (Phi) is 3.93. The van der Waals surface area contributed by atoms with Gasteiger partial charge in [-0.2, -0.15) is 0 Å². The van der Waals surface area contributed by atoms with Crippen molar-refractivity contribution in [2.75, 3.05) is 5.32 Å². The molecule has 2 N–H and O–H groups in total. The fraction of sp³-hybridized carbons (Fsp3) is 0.350. The Morgan fingerprint density at radius 1 is 1.15 bits per heavy atom. The minimum absolute atomic E-state index is 0.115. The van der Waals surface area contributed by atoms with E-state index in [1.54, 1.807) is 32.0 Å². The summed E-state index contributed by atoms with van der Waals surface area (Å²) in [6.45, 7) is 3.60. The molecule has 1 aliphatic carbocycles. The Balaban J connectivity index is 1.67. The molecule has 0 aromatic heterocycles. The Bertz CT molecular complexity index is 996. The first kappa shape index (κ1) is 17.2. The van der Waals surface area contributed by atoms with Crippen LogP contribution in [0, 0.1) is 0 Å². The number of hydrogen-bond acceptors (Lipinski definition) is 3. The molecular formula is C20H22N2O3S. The SMILES string of the molecule is CC1(C)C(=O)Nc2ccc(S(=O)(=O)N[C@H]3CCCc4ccccc43)cc21. The highest BCUT2D eigenvalue weighted by Gasteiger charge is 2.39. The van der Waals surface area contributed by atoms with Gasteiger partial charge in [0.05, 0.1) is 10.3 Å². The number of amides is 1. The number of carbonyl (C=O) groups is 1. The molecule has 136 valence electrons. The van der Waals surface area contributed by atoms with Gasteiger partial charge in [-0.3, -0.25) is 4.79 Å². The molecule has 5 nitrogen and oxygen atoms in total. The fourth-order valence-corrected chi connectivity index (χ4v) is 5.12. The van der Waals surface area contributed by atoms with E-state index in [1.807, 2.05) is 18.2 Å². The lowest BCUT2D eigenvalue weighted by molar-refractivity contribution is -0.119. The van der Waals surface area contributed by atoms with Gasteiger partial charge >= 0.3 is 0 Å². The number of carbonyl (C=O) groups excluding carboxylic acids is 1. The van der Waals surface area contributed by atoms with Crippen molar-refractivity contribution in [3.63, 3.8) is 0 Å². The smallest absolute Gasteiger partial charge is 0.241 e. The van der Waals surface area contributed by atoms with Gasteiger partial charge in [0.25, 0.3) is 0 Å². The zero-order chi connectivity index (χ0) is 18.5. The third-order valence-corrected chi connectivity index (χ3v) is 6.93. The Morgan fingerprint density at radius 3 is 2.73 bits per heavy atom. The summed E-state index contributed by atoms with van der Waals surface area (Å²) < 4.78 is 28.8. The minimum atomic E-state index is -3.68. The van der Waals surface area contributed by atoms with E-state index in [0.29, 0.717) is 5.69 Å². The van der Waals surface area contributed by atoms with Gasteiger partial charge in [-0.05, 0) is 68.0 Å². The monoisotopic (exact) mass is 370 g/mol. The van der Waals surface area contributed by atoms with Crippen LogP contribution in [0.15, 0.2) is 47.4 Å². The molecule has 0 saturated heterocycles. The van der Waals surface area contributed by atoms with Gasteiger partial charge < -0.3 is 5.32 Å². The van der Waals surface area contributed by atoms with Gasteiger partial charge in [0.2, 0.25) is 15.9 Å². The summed E-state index contributed by atoms with van der Waals surface area (Å²) in [4.78, 5) is 12.3. The van der Waals surface area contributed by atoms with E-state index in [0.717, 1.165) is 30.4 Å². The molecule has 0 fully saturated rings. The standard InChI is InChI=1S/C20H22N2O3S/c1-20(2)16-12-14(10-11-18(16)21-19(20)23)26(24,25)22-17-9-5-7-13-6-3-4-8-15(13)17/h3-4,6,8,10-12,17,22H,5,7,9H2,1-2H3,(H,21,23)/t17-/m0/s1. The molecule has 26 heavy (non-hydrogen) atoms. The summed E-state index contributed by atoms with van der Waals surface area (Å²) in [5.41, 5.74) is 2.92. The van der Waals surface area contributed by atoms with E-state index < -0.39 is 15.4 Å². The number of anilines is 1. The van der Waals surface area contributed by atoms with Crippen molar-refractivity contribution < 1.29 is 13.2 Å². The van der Waals surface area contributed by atoms with E-state index >= 15 is 0 Å². The third-order valence-electron chi connectivity index (χ3n) is 5.46. The molecule has 0 saturated carbocycles. The van der Waals surface area contributed by atoms with Crippen LogP contribution in [-0.4, -0.2) is 14.3 Å². The zero-order valence-electron chi connectivity index (χ0n) is 14.9. The lowest BCUT2D eigenvalue weighted by Crippen LogP contribution is -2.31. The minimum Gasteiger partial charge on any atom is -0.325 e. The highest BCUT2D eigenvalue weighted by Crippen LogP contribution is 2.39. The summed E-state index contributed by atoms with van der Waals surface area (Å²) in [5.74, 6) is -0.115. The topological polar surface area (TPSA) is 75.3 Å². The quantitative estimate of drug-likeness (QED) is 0.871. The van der Waals surface area contributed by atoms with Crippen molar-refractivity contribution in [3.8, 4) is 0 Å². The van der Waals surface area contributed by atoms with Crippen LogP contribution in [0.25, 0.3) is 0 Å². The summed E-state index contributed by atoms with van der Waals surface area (Å²) in [5, 5.41) is 2.81. The number of nitrogens with one attached hydrogen (secondary N) is 2. The van der Waals surface area contributed by atoms with Crippen molar-refractivity contribution in [1.29, 1.82) is 0 Å². The zero-order valence-corrected chi connectivity index (χ0v) is 15.7. The van der Waals surface area contributed by atoms with E-state index in [4.69, 9.17) is 0 Å². The Hall–Kier alpha value is -2.18. The predicted molar refractivity (Wildman–Crippen MR) is 101 cm³/mol. The van der Waals surface area contributed by atoms with E-state index in [9.17, 15) is 13.2 Å². The molecule has 1 atom stereocenters. The second kappa shape index (κ2) is 5.93. The molecule has 0 unspecified atom stereocenters. The van der Waals surface area contributed by atoms with Gasteiger partial charge in [-0.25, -0.2) is 13.1 Å². The van der Waals surface area contributed by atoms with Crippen molar-refractivity contribution in [3.05, 3.63) is 59.2 Å². The summed E-state index contributed by atoms with van der Waals surface area (Å²) in [6.07, 6.45) is 2.72. The molecular weight excluding hydrogens is 348 g/mol. The van der Waals surface area contributed by atoms with Crippen LogP contribution >= 0.6 is 0 Å². The number of fused-ring (bicyclic) bond motifs is 2. The second-order valence-corrected chi connectivity index (χ2v) is 9.27. The van der Waals surface area contributed by atoms with Gasteiger partial charge in [0, 0.05) is 11.7 Å². The molecule has 2 aliphatic rings. The first-order valence-corrected chi connectivity index (χ1v) is 10.3. The van der Waals surface area contributed by atoms with Gasteiger partial charge in [0.15, 0.2) is 0 Å². The van der Waals surface area contributed by atoms with Crippen molar-refractivity contribution in [2.45, 2.75) is 49.5 Å². The van der Waals surface area contributed by atoms with Gasteiger partial charge in [-0.15, -0.1) is 0 Å². The lowest BCUT2D eigenvalue weighted by Gasteiger charge is -2.26. The first-order valence-electron chi connectivity index (χ1n) is 8.85. The van der Waals surface area contributed by atoms with Crippen molar-refractivity contribution >= 4 is 21.6 Å². The number of aryl methyl sites for hydroxylation is 1. The molecule has 0 bridgehead atoms. The molecule has 1 heterocycles. The highest BCUT2D eigenvalue weighted by molar-refractivity contribution is 7.89. The maximum absolute atomic E-state index is 13.0. The van der Waals surface area contributed by atoms with E-state index in [-0.39, 0.29) is 16.8 Å². The first-order chi connectivity index (χ1) is 12.3. The molecule has 2 aromatic rings. The maximum Gasteiger partial charge on any atom is 0.241 e. The van der Waals surface area contributed by atoms with Crippen LogP contribution in [-0.2, 0) is 26.7 Å². The molecule has 1 amide bonds. The summed E-state index contributed by atoms with van der Waals surface area (Å²) >= 11 is 0. The average molecular weight is 370 g/mol. The van der Waals surface area contributed by atoms with Crippen LogP contribution in [0.5, 0.6) is 0 Å². The number of sulfonamides is 1. The molecule has 2 aromatic carbocycles. The van der Waals surface area contributed by atoms with Crippen LogP contribution in [0.3, 0.4) is 0 Å². The second-order valence-electron chi connectivity index (χ2n) is 7.55. The number of rotatable bonds is 3. The highest BCUT2D eigenvalue weighted by atomic mass is 32.2. The van der Waals surface area contributed by atoms with Crippen LogP contribution < -0.4 is 10.0 Å². The van der Waals surface area contributed by atoms with Gasteiger partial charge in [0.1, 0.15) is 0 Å². The number of benzene rings is 2. The fourth-order valence-electron chi connectivity index (χ4n) is 3.85. The molecule has 1 aliphatic heterocycles. The predicted octanol–water partition coefficient (Wildman–Crippen LogP) is 3.27. The number of hydrogen-bond donors (Lipinski definition) is 2. The third kappa shape index (κ3) is 2.73. The van der Waals surface area contributed by atoms with Crippen molar-refractivity contribution in [2.24, 2.45) is 0 Å². The van der Waals surface area contributed by atoms with E-state index in [1.165, 1.54) is 5.56 Å².